The molecule has 64 valence electrons. The summed E-state index contributed by atoms with van der Waals surface area (Å²) in [5, 5.41) is 8.46. The molecule has 0 spiro atoms. The van der Waals surface area contributed by atoms with Crippen LogP contribution in [0.3, 0.4) is 0 Å². The molecule has 0 unspecified atom stereocenters. The maximum Gasteiger partial charge on any atom is 0.128 e. The van der Waals surface area contributed by atoms with Crippen LogP contribution in [0, 0.1) is 11.3 Å². The first-order valence-electron chi connectivity index (χ1n) is 3.88. The minimum absolute atomic E-state index is 0.386. The Labute approximate surface area is 79.9 Å². The fourth-order valence-electron chi connectivity index (χ4n) is 0.991. The number of nitriles is 1. The van der Waals surface area contributed by atoms with Crippen molar-refractivity contribution in [3.8, 4) is 6.07 Å². The molecular formula is C8H10BrN3. The number of hydrogen-bond donors (Lipinski definition) is 1. The number of hydrogen-bond acceptors (Lipinski definition) is 2. The zero-order valence-corrected chi connectivity index (χ0v) is 8.48. The number of aromatic nitrogens is 2. The van der Waals surface area contributed by atoms with Gasteiger partial charge in [-0.3, -0.25) is 0 Å². The van der Waals surface area contributed by atoms with Gasteiger partial charge >= 0.3 is 0 Å². The summed E-state index contributed by atoms with van der Waals surface area (Å²) in [7, 11) is 0. The highest BCUT2D eigenvalue weighted by molar-refractivity contribution is 9.10. The van der Waals surface area contributed by atoms with Crippen molar-refractivity contribution in [1.82, 2.24) is 9.97 Å². The van der Waals surface area contributed by atoms with Crippen molar-refractivity contribution in [2.24, 2.45) is 0 Å². The summed E-state index contributed by atoms with van der Waals surface area (Å²) >= 11 is 3.29. The van der Waals surface area contributed by atoms with E-state index in [1.54, 1.807) is 0 Å². The Hall–Kier alpha value is -0.820. The standard InChI is InChI=1S/C8H10BrN3/c1-2-3-7-11-6(4-5-10)8(9)12-7/h2-4H2,1H3,(H,11,12). The molecule has 1 heterocycles. The van der Waals surface area contributed by atoms with E-state index in [1.165, 1.54) is 0 Å². The topological polar surface area (TPSA) is 52.5 Å². The third kappa shape index (κ3) is 2.08. The van der Waals surface area contributed by atoms with Gasteiger partial charge < -0.3 is 4.98 Å². The van der Waals surface area contributed by atoms with Crippen molar-refractivity contribution in [2.45, 2.75) is 26.2 Å². The van der Waals surface area contributed by atoms with E-state index in [0.29, 0.717) is 6.42 Å². The second kappa shape index (κ2) is 4.27. The molecule has 0 atom stereocenters. The smallest absolute Gasteiger partial charge is 0.128 e. The van der Waals surface area contributed by atoms with Gasteiger partial charge in [0.05, 0.1) is 18.2 Å². The van der Waals surface area contributed by atoms with Gasteiger partial charge in [-0.2, -0.15) is 5.26 Å². The monoisotopic (exact) mass is 227 g/mol. The van der Waals surface area contributed by atoms with Crippen LogP contribution in [-0.2, 0) is 12.8 Å². The Morgan fingerprint density at radius 1 is 1.67 bits per heavy atom. The summed E-state index contributed by atoms with van der Waals surface area (Å²) < 4.78 is 0.771. The van der Waals surface area contributed by atoms with Crippen LogP contribution in [0.15, 0.2) is 4.60 Å². The molecule has 0 fully saturated rings. The van der Waals surface area contributed by atoms with Crippen molar-refractivity contribution in [1.29, 1.82) is 5.26 Å². The van der Waals surface area contributed by atoms with E-state index in [9.17, 15) is 0 Å². The van der Waals surface area contributed by atoms with Gasteiger partial charge in [0.25, 0.3) is 0 Å². The van der Waals surface area contributed by atoms with Crippen molar-refractivity contribution < 1.29 is 0 Å². The highest BCUT2D eigenvalue weighted by Gasteiger charge is 2.05. The predicted molar refractivity (Wildman–Crippen MR) is 49.6 cm³/mol. The molecule has 1 rings (SSSR count). The van der Waals surface area contributed by atoms with Crippen LogP contribution in [0.5, 0.6) is 0 Å². The highest BCUT2D eigenvalue weighted by atomic mass is 79.9. The van der Waals surface area contributed by atoms with Crippen molar-refractivity contribution in [2.75, 3.05) is 0 Å². The summed E-state index contributed by atoms with van der Waals surface area (Å²) in [6.07, 6.45) is 2.38. The zero-order chi connectivity index (χ0) is 8.97. The van der Waals surface area contributed by atoms with Gasteiger partial charge in [-0.15, -0.1) is 0 Å². The lowest BCUT2D eigenvalue weighted by Crippen LogP contribution is -1.86. The molecule has 0 saturated carbocycles. The van der Waals surface area contributed by atoms with Gasteiger partial charge in [-0.25, -0.2) is 4.98 Å². The summed E-state index contributed by atoms with van der Waals surface area (Å²) in [5.41, 5.74) is 0.876. The molecule has 1 N–H and O–H groups in total. The second-order valence-corrected chi connectivity index (χ2v) is 3.29. The molecular weight excluding hydrogens is 218 g/mol. The fourth-order valence-corrected chi connectivity index (χ4v) is 1.44. The zero-order valence-electron chi connectivity index (χ0n) is 6.89. The number of halogens is 1. The average molecular weight is 228 g/mol. The second-order valence-electron chi connectivity index (χ2n) is 2.54. The molecule has 0 aliphatic carbocycles. The maximum atomic E-state index is 8.46. The Balaban J connectivity index is 2.79. The van der Waals surface area contributed by atoms with Gasteiger partial charge in [0, 0.05) is 6.42 Å². The number of imidazole rings is 1. The van der Waals surface area contributed by atoms with Gasteiger partial charge in [0.15, 0.2) is 0 Å². The summed E-state index contributed by atoms with van der Waals surface area (Å²) in [6.45, 7) is 2.10. The van der Waals surface area contributed by atoms with E-state index in [2.05, 4.69) is 38.9 Å². The summed E-state index contributed by atoms with van der Waals surface area (Å²) in [6, 6.07) is 2.08. The van der Waals surface area contributed by atoms with Crippen molar-refractivity contribution in [3.05, 3.63) is 16.1 Å². The highest BCUT2D eigenvalue weighted by Crippen LogP contribution is 2.14. The number of nitrogens with zero attached hydrogens (tertiary/aromatic N) is 2. The Bertz CT molecular complexity index is 298. The first-order valence-corrected chi connectivity index (χ1v) is 4.67. The number of aromatic amines is 1. The SMILES string of the molecule is CCCc1nc(Br)c(CC#N)[nH]1. The van der Waals surface area contributed by atoms with Crippen LogP contribution in [0.1, 0.15) is 24.9 Å². The molecule has 0 aliphatic rings. The quantitative estimate of drug-likeness (QED) is 0.861. The Kier molecular flexibility index (Phi) is 3.30. The molecule has 3 nitrogen and oxygen atoms in total. The fraction of sp³-hybridized carbons (Fsp3) is 0.500. The van der Waals surface area contributed by atoms with Crippen LogP contribution in [-0.4, -0.2) is 9.97 Å². The minimum Gasteiger partial charge on any atom is -0.344 e. The number of aryl methyl sites for hydroxylation is 1. The van der Waals surface area contributed by atoms with Gasteiger partial charge in [-0.05, 0) is 22.4 Å². The van der Waals surface area contributed by atoms with Crippen LogP contribution in [0.2, 0.25) is 0 Å². The Morgan fingerprint density at radius 3 is 3.00 bits per heavy atom. The van der Waals surface area contributed by atoms with Crippen LogP contribution < -0.4 is 0 Å². The lowest BCUT2D eigenvalue weighted by Gasteiger charge is -1.88. The lowest BCUT2D eigenvalue weighted by molar-refractivity contribution is 0.851. The van der Waals surface area contributed by atoms with E-state index in [1.807, 2.05) is 0 Å². The van der Waals surface area contributed by atoms with Crippen LogP contribution in [0.4, 0.5) is 0 Å². The van der Waals surface area contributed by atoms with Gasteiger partial charge in [0.1, 0.15) is 10.4 Å². The average Bonchev–Trinajstić information content (AvgIpc) is 2.34. The van der Waals surface area contributed by atoms with Gasteiger partial charge in [0.2, 0.25) is 0 Å². The van der Waals surface area contributed by atoms with Crippen molar-refractivity contribution in [3.63, 3.8) is 0 Å². The molecule has 0 amide bonds. The summed E-state index contributed by atoms with van der Waals surface area (Å²) in [4.78, 5) is 7.33. The molecule has 0 radical (unpaired) electrons. The van der Waals surface area contributed by atoms with Gasteiger partial charge in [-0.1, -0.05) is 6.92 Å². The van der Waals surface area contributed by atoms with E-state index >= 15 is 0 Å². The van der Waals surface area contributed by atoms with Crippen LogP contribution in [0.25, 0.3) is 0 Å². The molecule has 0 saturated heterocycles. The lowest BCUT2D eigenvalue weighted by atomic mass is 10.3. The summed E-state index contributed by atoms with van der Waals surface area (Å²) in [5.74, 6) is 0.953. The van der Waals surface area contributed by atoms with E-state index < -0.39 is 0 Å². The molecule has 4 heteroatoms. The third-order valence-electron chi connectivity index (χ3n) is 1.52. The van der Waals surface area contributed by atoms with E-state index in [-0.39, 0.29) is 0 Å². The molecule has 0 aromatic carbocycles. The molecule has 12 heavy (non-hydrogen) atoms. The molecule has 1 aromatic heterocycles. The van der Waals surface area contributed by atoms with Crippen LogP contribution >= 0.6 is 15.9 Å². The molecule has 0 bridgehead atoms. The Morgan fingerprint density at radius 2 is 2.42 bits per heavy atom. The first-order chi connectivity index (χ1) is 5.77. The van der Waals surface area contributed by atoms with Crippen molar-refractivity contribution >= 4 is 15.9 Å². The number of H-pyrrole nitrogens is 1. The largest absolute Gasteiger partial charge is 0.344 e. The molecule has 0 aliphatic heterocycles. The number of nitrogens with one attached hydrogen (secondary N) is 1. The number of rotatable bonds is 3. The molecule has 1 aromatic rings. The van der Waals surface area contributed by atoms with E-state index in [0.717, 1.165) is 29.0 Å². The first kappa shape index (κ1) is 9.27. The maximum absolute atomic E-state index is 8.46. The minimum atomic E-state index is 0.386. The third-order valence-corrected chi connectivity index (χ3v) is 2.18. The predicted octanol–water partition coefficient (Wildman–Crippen LogP) is 2.19. The van der Waals surface area contributed by atoms with E-state index in [4.69, 9.17) is 5.26 Å². The normalized spacial score (nSPS) is 9.75.